The van der Waals surface area contributed by atoms with Crippen LogP contribution in [0, 0.1) is 6.07 Å². The normalized spacial score (nSPS) is 11.9. The molecule has 0 nitrogen and oxygen atoms in total. The first-order chi connectivity index (χ1) is 26.1. The van der Waals surface area contributed by atoms with E-state index >= 15 is 0 Å². The summed E-state index contributed by atoms with van der Waals surface area (Å²) in [5, 5.41) is 1.19. The molecule has 0 unspecified atom stereocenters. The fourth-order valence-corrected chi connectivity index (χ4v) is 7.81. The van der Waals surface area contributed by atoms with E-state index < -0.39 is 4.33 Å². The average Bonchev–Trinajstić information content (AvgIpc) is 3.86. The third-order valence-corrected chi connectivity index (χ3v) is 11.1. The van der Waals surface area contributed by atoms with Gasteiger partial charge in [-0.05, 0) is 74.9 Å². The van der Waals surface area contributed by atoms with Crippen LogP contribution in [-0.4, -0.2) is 0 Å². The van der Waals surface area contributed by atoms with E-state index in [1.54, 1.807) is 24.3 Å². The minimum Gasteiger partial charge on any atom is -0.214 e. The molecule has 0 amide bonds. The minimum absolute atomic E-state index is 0. The Bertz CT molecular complexity index is 2180. The third kappa shape index (κ3) is 10.4. The molecule has 56 heavy (non-hydrogen) atoms. The fourth-order valence-electron chi connectivity index (χ4n) is 6.96. The molecule has 0 heterocycles. The number of halogens is 4. The second kappa shape index (κ2) is 18.5. The molecular weight excluding hydrogens is 846 g/mol. The van der Waals surface area contributed by atoms with Crippen LogP contribution in [0.5, 0.6) is 0 Å². The van der Waals surface area contributed by atoms with Gasteiger partial charge in [0.05, 0.1) is 0 Å². The summed E-state index contributed by atoms with van der Waals surface area (Å²) >= 11 is 24.6. The van der Waals surface area contributed by atoms with Crippen LogP contribution >= 0.6 is 46.4 Å². The molecule has 0 fully saturated rings. The summed E-state index contributed by atoms with van der Waals surface area (Å²) in [7, 11) is 0. The van der Waals surface area contributed by atoms with Crippen molar-refractivity contribution in [3.63, 3.8) is 0 Å². The Kier molecular flexibility index (Phi) is 14.5. The van der Waals surface area contributed by atoms with Crippen LogP contribution in [0.4, 0.5) is 0 Å². The van der Waals surface area contributed by atoms with Crippen molar-refractivity contribution in [3.05, 3.63) is 207 Å². The smallest absolute Gasteiger partial charge is 0.214 e. The van der Waals surface area contributed by atoms with Crippen LogP contribution in [0.1, 0.15) is 74.9 Å². The van der Waals surface area contributed by atoms with Crippen molar-refractivity contribution in [1.29, 1.82) is 0 Å². The van der Waals surface area contributed by atoms with Gasteiger partial charge in [-0.25, -0.2) is 12.1 Å². The van der Waals surface area contributed by atoms with Crippen LogP contribution in [0.3, 0.4) is 0 Å². The molecule has 0 saturated heterocycles. The minimum atomic E-state index is -1.16. The molecule has 0 bridgehead atoms. The summed E-state index contributed by atoms with van der Waals surface area (Å²) in [5.41, 5.74) is 14.9. The molecule has 0 atom stereocenters. The van der Waals surface area contributed by atoms with Crippen molar-refractivity contribution >= 4 is 46.4 Å². The largest absolute Gasteiger partial charge is 2.00 e. The zero-order chi connectivity index (χ0) is 39.4. The van der Waals surface area contributed by atoms with E-state index in [1.165, 1.54) is 55.6 Å². The summed E-state index contributed by atoms with van der Waals surface area (Å²) in [5.74, 6) is 0. The van der Waals surface area contributed by atoms with Gasteiger partial charge in [0.1, 0.15) is 0 Å². The van der Waals surface area contributed by atoms with Gasteiger partial charge >= 0.3 is 26.2 Å². The second-order valence-corrected chi connectivity index (χ2v) is 18.2. The van der Waals surface area contributed by atoms with E-state index in [0.29, 0.717) is 10.0 Å². The average molecular weight is 892 g/mol. The van der Waals surface area contributed by atoms with Crippen molar-refractivity contribution < 1.29 is 26.2 Å². The summed E-state index contributed by atoms with van der Waals surface area (Å²) < 4.78 is -1.16. The molecule has 282 valence electrons. The Morgan fingerprint density at radius 1 is 0.518 bits per heavy atom. The first kappa shape index (κ1) is 43.8. The summed E-state index contributed by atoms with van der Waals surface area (Å²) in [6.45, 7) is 13.9. The van der Waals surface area contributed by atoms with Gasteiger partial charge in [-0.2, -0.15) is 18.2 Å². The maximum Gasteiger partial charge on any atom is 2.00 e. The molecule has 0 saturated carbocycles. The standard InChI is InChI=1S/C33H33.C13H8Cl4.C5H5.Zr/c1-32(2,3)30-20-26-24(18-28(30)22-13-9-7-10-14-22)17-25-19-29(23-15-11-8-12-16-23)31(21-27(25)26)33(4,5)6;14-11-5-1-3-9(7-11)13(16,17)10-4-2-6-12(15)8-10;1-2-4-5-3-1;/h7-16,18,20-21H,17H2,1-6H3;1-8H;1-5H;/q-1;;-1;+2. The van der Waals surface area contributed by atoms with Crippen molar-refractivity contribution in [2.75, 3.05) is 0 Å². The van der Waals surface area contributed by atoms with Gasteiger partial charge in [0.15, 0.2) is 4.33 Å². The Balaban J connectivity index is 0.000000217. The van der Waals surface area contributed by atoms with E-state index in [0.717, 1.165) is 17.5 Å². The van der Waals surface area contributed by atoms with Gasteiger partial charge in [-0.15, -0.1) is 28.8 Å². The first-order valence-corrected chi connectivity index (χ1v) is 20.1. The number of fused-ring (bicyclic) bond motifs is 3. The SMILES string of the molecule is CC(C)(C)c1cc2c([c-]c1-c1ccccc1)Cc1cc(-c3ccccc3)c(C(C)(C)C)cc1-2.Clc1cccc(C(Cl)(Cl)c2cccc(Cl)c2)c1.[Zr+2].c1cc[cH-]c1. The summed E-state index contributed by atoms with van der Waals surface area (Å²) in [6.07, 6.45) is 0.944. The van der Waals surface area contributed by atoms with Crippen LogP contribution in [-0.2, 0) is 47.8 Å². The molecule has 7 aromatic rings. The number of rotatable bonds is 4. The van der Waals surface area contributed by atoms with Crippen molar-refractivity contribution in [2.24, 2.45) is 0 Å². The van der Waals surface area contributed by atoms with E-state index in [4.69, 9.17) is 46.4 Å². The molecule has 0 radical (unpaired) electrons. The zero-order valence-corrected chi connectivity index (χ0v) is 38.2. The number of hydrogen-bond donors (Lipinski definition) is 0. The zero-order valence-electron chi connectivity index (χ0n) is 32.7. The van der Waals surface area contributed by atoms with Gasteiger partial charge in [0.25, 0.3) is 0 Å². The summed E-state index contributed by atoms with van der Waals surface area (Å²) in [4.78, 5) is 0. The molecule has 0 N–H and O–H groups in total. The predicted molar refractivity (Wildman–Crippen MR) is 239 cm³/mol. The second-order valence-electron chi connectivity index (χ2n) is 16.0. The Hall–Kier alpha value is -3.29. The molecule has 5 heteroatoms. The maximum absolute atomic E-state index is 6.38. The van der Waals surface area contributed by atoms with E-state index in [-0.39, 0.29) is 37.0 Å². The molecule has 1 aliphatic rings. The Morgan fingerprint density at radius 3 is 1.48 bits per heavy atom. The molecule has 8 rings (SSSR count). The molecule has 1 aliphatic carbocycles. The number of benzene rings is 6. The molecular formula is C51H46Cl4Zr. The maximum atomic E-state index is 6.38. The van der Waals surface area contributed by atoms with Gasteiger partial charge < -0.3 is 0 Å². The molecule has 0 aromatic heterocycles. The van der Waals surface area contributed by atoms with Crippen LogP contribution in [0.25, 0.3) is 33.4 Å². The van der Waals surface area contributed by atoms with Crippen LogP contribution in [0.15, 0.2) is 158 Å². The first-order valence-electron chi connectivity index (χ1n) is 18.6. The summed E-state index contributed by atoms with van der Waals surface area (Å²) in [6, 6.07) is 57.1. The quantitative estimate of drug-likeness (QED) is 0.122. The predicted octanol–water partition coefficient (Wildman–Crippen LogP) is 16.1. The van der Waals surface area contributed by atoms with E-state index in [2.05, 4.69) is 126 Å². The third-order valence-electron chi connectivity index (χ3n) is 9.75. The van der Waals surface area contributed by atoms with Gasteiger partial charge in [-0.3, -0.25) is 0 Å². The van der Waals surface area contributed by atoms with Crippen molar-refractivity contribution in [2.45, 2.75) is 63.1 Å². The molecule has 0 aliphatic heterocycles. The Labute approximate surface area is 373 Å². The molecule has 0 spiro atoms. The van der Waals surface area contributed by atoms with Gasteiger partial charge in [0, 0.05) is 10.0 Å². The number of alkyl halides is 2. The van der Waals surface area contributed by atoms with Gasteiger partial charge in [-0.1, -0.05) is 202 Å². The molecule has 7 aromatic carbocycles. The Morgan fingerprint density at radius 2 is 1.02 bits per heavy atom. The monoisotopic (exact) mass is 888 g/mol. The topological polar surface area (TPSA) is 0 Å². The van der Waals surface area contributed by atoms with Crippen LogP contribution < -0.4 is 0 Å². The van der Waals surface area contributed by atoms with Crippen molar-refractivity contribution in [1.82, 2.24) is 0 Å². The fraction of sp³-hybridized carbons (Fsp3) is 0.196. The van der Waals surface area contributed by atoms with Crippen LogP contribution in [0.2, 0.25) is 10.0 Å². The van der Waals surface area contributed by atoms with Crippen molar-refractivity contribution in [3.8, 4) is 33.4 Å². The van der Waals surface area contributed by atoms with Gasteiger partial charge in [0.2, 0.25) is 0 Å². The van der Waals surface area contributed by atoms with E-state index in [9.17, 15) is 0 Å². The van der Waals surface area contributed by atoms with E-state index in [1.807, 2.05) is 54.6 Å². The number of hydrogen-bond acceptors (Lipinski definition) is 0.